The van der Waals surface area contributed by atoms with Gasteiger partial charge in [-0.25, -0.2) is 0 Å². The number of carbonyl (C=O) groups is 1. The number of Topliss-reactive ketones (excluding diaryl/α,β-unsaturated/α-hetero) is 1. The third kappa shape index (κ3) is 4.86. The normalized spacial score (nSPS) is 10.9. The maximum Gasteiger partial charge on any atom is 0.174 e. The number of H-pyrrole nitrogens is 1. The number of phenolic OH excluding ortho intramolecular Hbond substituents is 1. The van der Waals surface area contributed by atoms with Crippen LogP contribution in [-0.4, -0.2) is 38.1 Å². The SMILES string of the molecule is CCCc1c(COCCCCc2nn[nH]n2)ccc(C(C)=O)c1O. The van der Waals surface area contributed by atoms with Gasteiger partial charge in [-0.05, 0) is 37.8 Å². The van der Waals surface area contributed by atoms with Crippen molar-refractivity contribution in [1.29, 1.82) is 0 Å². The van der Waals surface area contributed by atoms with Gasteiger partial charge < -0.3 is 9.84 Å². The molecule has 7 nitrogen and oxygen atoms in total. The van der Waals surface area contributed by atoms with E-state index in [4.69, 9.17) is 4.74 Å². The summed E-state index contributed by atoms with van der Waals surface area (Å²) >= 11 is 0. The number of benzene rings is 1. The van der Waals surface area contributed by atoms with E-state index in [1.165, 1.54) is 6.92 Å². The number of ketones is 1. The zero-order valence-electron chi connectivity index (χ0n) is 14.2. The van der Waals surface area contributed by atoms with Crippen molar-refractivity contribution in [2.45, 2.75) is 52.6 Å². The molecule has 0 saturated carbocycles. The van der Waals surface area contributed by atoms with Crippen molar-refractivity contribution in [1.82, 2.24) is 20.6 Å². The van der Waals surface area contributed by atoms with Crippen molar-refractivity contribution in [3.8, 4) is 5.75 Å². The minimum Gasteiger partial charge on any atom is -0.507 e. The quantitative estimate of drug-likeness (QED) is 0.512. The van der Waals surface area contributed by atoms with Crippen molar-refractivity contribution in [2.24, 2.45) is 0 Å². The summed E-state index contributed by atoms with van der Waals surface area (Å²) in [5.74, 6) is 0.686. The molecule has 0 fully saturated rings. The fourth-order valence-electron chi connectivity index (χ4n) is 2.58. The zero-order valence-corrected chi connectivity index (χ0v) is 14.2. The zero-order chi connectivity index (χ0) is 17.4. The van der Waals surface area contributed by atoms with Crippen LogP contribution in [-0.2, 0) is 24.2 Å². The fraction of sp³-hybridized carbons (Fsp3) is 0.529. The Balaban J connectivity index is 1.85. The van der Waals surface area contributed by atoms with Gasteiger partial charge in [-0.1, -0.05) is 24.6 Å². The van der Waals surface area contributed by atoms with E-state index in [2.05, 4.69) is 20.6 Å². The van der Waals surface area contributed by atoms with Crippen molar-refractivity contribution in [2.75, 3.05) is 6.61 Å². The monoisotopic (exact) mass is 332 g/mol. The number of unbranched alkanes of at least 4 members (excludes halogenated alkanes) is 1. The van der Waals surface area contributed by atoms with Crippen molar-refractivity contribution in [3.05, 3.63) is 34.6 Å². The molecule has 0 radical (unpaired) electrons. The summed E-state index contributed by atoms with van der Waals surface area (Å²) in [6.45, 7) is 4.56. The van der Waals surface area contributed by atoms with Crippen LogP contribution in [0.1, 0.15) is 60.4 Å². The minimum atomic E-state index is -0.126. The lowest BCUT2D eigenvalue weighted by molar-refractivity contribution is 0.101. The molecule has 0 amide bonds. The Morgan fingerprint density at radius 3 is 2.79 bits per heavy atom. The van der Waals surface area contributed by atoms with Gasteiger partial charge in [0.1, 0.15) is 5.75 Å². The number of rotatable bonds is 10. The Labute approximate surface area is 141 Å². The number of aromatic nitrogens is 4. The predicted octanol–water partition coefficient (Wildman–Crippen LogP) is 2.60. The Bertz CT molecular complexity index is 656. The van der Waals surface area contributed by atoms with Gasteiger partial charge in [0.25, 0.3) is 0 Å². The van der Waals surface area contributed by atoms with Gasteiger partial charge in [0.2, 0.25) is 0 Å². The highest BCUT2D eigenvalue weighted by atomic mass is 16.5. The van der Waals surface area contributed by atoms with Gasteiger partial charge in [-0.3, -0.25) is 4.79 Å². The average Bonchev–Trinajstić information content (AvgIpc) is 3.06. The molecule has 0 saturated heterocycles. The van der Waals surface area contributed by atoms with Gasteiger partial charge in [-0.2, -0.15) is 5.21 Å². The Morgan fingerprint density at radius 2 is 2.12 bits per heavy atom. The summed E-state index contributed by atoms with van der Waals surface area (Å²) in [5.41, 5.74) is 2.14. The molecule has 24 heavy (non-hydrogen) atoms. The molecule has 7 heteroatoms. The van der Waals surface area contributed by atoms with Gasteiger partial charge in [0, 0.05) is 18.6 Å². The standard InChI is InChI=1S/C17H24N4O3/c1-3-6-15-13(8-9-14(12(2)22)17(15)23)11-24-10-5-4-7-16-18-20-21-19-16/h8-9,23H,3-7,10-11H2,1-2H3,(H,18,19,20,21). The van der Waals surface area contributed by atoms with E-state index in [9.17, 15) is 9.90 Å². The highest BCUT2D eigenvalue weighted by molar-refractivity contribution is 5.97. The summed E-state index contributed by atoms with van der Waals surface area (Å²) < 4.78 is 5.72. The first-order valence-corrected chi connectivity index (χ1v) is 8.28. The third-order valence-corrected chi connectivity index (χ3v) is 3.84. The molecule has 130 valence electrons. The molecule has 2 rings (SSSR count). The lowest BCUT2D eigenvalue weighted by atomic mass is 9.97. The number of carbonyl (C=O) groups excluding carboxylic acids is 1. The number of ether oxygens (including phenoxy) is 1. The van der Waals surface area contributed by atoms with Gasteiger partial charge >= 0.3 is 0 Å². The molecule has 0 spiro atoms. The number of aryl methyl sites for hydroxylation is 1. The van der Waals surface area contributed by atoms with E-state index in [-0.39, 0.29) is 11.5 Å². The van der Waals surface area contributed by atoms with Crippen LogP contribution in [0.3, 0.4) is 0 Å². The van der Waals surface area contributed by atoms with Gasteiger partial charge in [-0.15, -0.1) is 10.2 Å². The van der Waals surface area contributed by atoms with Crippen LogP contribution < -0.4 is 0 Å². The molecule has 0 atom stereocenters. The van der Waals surface area contributed by atoms with Crippen molar-refractivity contribution >= 4 is 5.78 Å². The number of aromatic amines is 1. The van der Waals surface area contributed by atoms with Gasteiger partial charge in [0.05, 0.1) is 12.2 Å². The summed E-state index contributed by atoms with van der Waals surface area (Å²) in [7, 11) is 0. The topological polar surface area (TPSA) is 101 Å². The highest BCUT2D eigenvalue weighted by Crippen LogP contribution is 2.28. The molecule has 1 aromatic carbocycles. The predicted molar refractivity (Wildman–Crippen MR) is 88.9 cm³/mol. The van der Waals surface area contributed by atoms with E-state index in [1.54, 1.807) is 6.07 Å². The number of phenols is 1. The highest BCUT2D eigenvalue weighted by Gasteiger charge is 2.14. The summed E-state index contributed by atoms with van der Waals surface area (Å²) in [6, 6.07) is 3.55. The largest absolute Gasteiger partial charge is 0.507 e. The fourth-order valence-corrected chi connectivity index (χ4v) is 2.58. The van der Waals surface area contributed by atoms with Crippen LogP contribution in [0, 0.1) is 0 Å². The number of nitrogens with zero attached hydrogens (tertiary/aromatic N) is 3. The van der Waals surface area contributed by atoms with Crippen LogP contribution in [0.25, 0.3) is 0 Å². The Hall–Kier alpha value is -2.28. The lowest BCUT2D eigenvalue weighted by Crippen LogP contribution is -2.04. The average molecular weight is 332 g/mol. The van der Waals surface area contributed by atoms with E-state index in [1.807, 2.05) is 13.0 Å². The Kier molecular flexibility index (Phi) is 6.87. The maximum atomic E-state index is 11.6. The second-order valence-electron chi connectivity index (χ2n) is 5.74. The van der Waals surface area contributed by atoms with E-state index < -0.39 is 0 Å². The molecule has 2 N–H and O–H groups in total. The maximum absolute atomic E-state index is 11.6. The Morgan fingerprint density at radius 1 is 1.29 bits per heavy atom. The number of hydrogen-bond donors (Lipinski definition) is 2. The van der Waals surface area contributed by atoms with Gasteiger partial charge in [0.15, 0.2) is 11.6 Å². The van der Waals surface area contributed by atoms with Crippen molar-refractivity contribution < 1.29 is 14.6 Å². The number of aromatic hydroxyl groups is 1. The molecular weight excluding hydrogens is 308 g/mol. The minimum absolute atomic E-state index is 0.0996. The van der Waals surface area contributed by atoms with E-state index in [0.717, 1.165) is 43.2 Å². The first-order chi connectivity index (χ1) is 11.6. The molecule has 0 aliphatic heterocycles. The number of tetrazole rings is 1. The molecule has 0 bridgehead atoms. The lowest BCUT2D eigenvalue weighted by Gasteiger charge is -2.14. The van der Waals surface area contributed by atoms with Crippen LogP contribution in [0.5, 0.6) is 5.75 Å². The summed E-state index contributed by atoms with van der Waals surface area (Å²) in [6.07, 6.45) is 4.22. The van der Waals surface area contributed by atoms with Crippen molar-refractivity contribution in [3.63, 3.8) is 0 Å². The second-order valence-corrected chi connectivity index (χ2v) is 5.74. The molecule has 1 aromatic heterocycles. The first kappa shape index (κ1) is 18.1. The molecule has 0 aliphatic rings. The smallest absolute Gasteiger partial charge is 0.174 e. The molecular formula is C17H24N4O3. The molecule has 0 unspecified atom stereocenters. The van der Waals surface area contributed by atoms with E-state index >= 15 is 0 Å². The molecule has 2 aromatic rings. The van der Waals surface area contributed by atoms with Crippen LogP contribution in [0.15, 0.2) is 12.1 Å². The first-order valence-electron chi connectivity index (χ1n) is 8.28. The van der Waals surface area contributed by atoms with Crippen LogP contribution >= 0.6 is 0 Å². The molecule has 1 heterocycles. The van der Waals surface area contributed by atoms with E-state index in [0.29, 0.717) is 24.6 Å². The summed E-state index contributed by atoms with van der Waals surface area (Å²) in [5, 5.41) is 24.1. The number of nitrogens with one attached hydrogen (secondary N) is 1. The van der Waals surface area contributed by atoms with Crippen LogP contribution in [0.4, 0.5) is 0 Å². The third-order valence-electron chi connectivity index (χ3n) is 3.84. The molecule has 0 aliphatic carbocycles. The second kappa shape index (κ2) is 9.12. The summed E-state index contributed by atoms with van der Waals surface area (Å²) in [4.78, 5) is 11.6. The number of hydrogen-bond acceptors (Lipinski definition) is 6. The van der Waals surface area contributed by atoms with Crippen LogP contribution in [0.2, 0.25) is 0 Å².